The van der Waals surface area contributed by atoms with E-state index >= 15 is 0 Å². The lowest BCUT2D eigenvalue weighted by Crippen LogP contribution is -2.29. The molecular weight excluding hydrogens is 633 g/mol. The first kappa shape index (κ1) is 49.9. The number of nitrogens with one attached hydrogen (secondary N) is 1. The van der Waals surface area contributed by atoms with Gasteiger partial charge in [-0.1, -0.05) is 156 Å². The number of unbranched alkanes of at least 4 members (excludes halogenated alkanes) is 23. The second-order valence-corrected chi connectivity index (χ2v) is 15.5. The molecule has 1 N–H and O–H groups in total. The summed E-state index contributed by atoms with van der Waals surface area (Å²) in [4.78, 5) is 27.4. The van der Waals surface area contributed by atoms with Crippen LogP contribution in [0.1, 0.15) is 233 Å². The minimum atomic E-state index is -0.00689. The van der Waals surface area contributed by atoms with Gasteiger partial charge in [0.25, 0.3) is 0 Å². The molecule has 0 aliphatic rings. The molecule has 0 amide bonds. The van der Waals surface area contributed by atoms with Crippen LogP contribution in [0, 0.1) is 0 Å². The van der Waals surface area contributed by atoms with E-state index in [1.807, 2.05) is 7.05 Å². The van der Waals surface area contributed by atoms with Gasteiger partial charge >= 0.3 is 11.9 Å². The van der Waals surface area contributed by atoms with Gasteiger partial charge in [0, 0.05) is 12.8 Å². The molecule has 0 saturated carbocycles. The van der Waals surface area contributed by atoms with Gasteiger partial charge in [0.1, 0.15) is 6.10 Å². The Kier molecular flexibility index (Phi) is 40.7. The number of nitrogens with zero attached hydrogens (tertiary/aromatic N) is 1. The van der Waals surface area contributed by atoms with Crippen LogP contribution in [0.25, 0.3) is 0 Å². The normalized spacial score (nSPS) is 12.1. The molecule has 51 heavy (non-hydrogen) atoms. The van der Waals surface area contributed by atoms with Crippen LogP contribution in [0.3, 0.4) is 0 Å². The maximum absolute atomic E-state index is 12.7. The summed E-state index contributed by atoms with van der Waals surface area (Å²) in [7, 11) is 2.04. The standard InChI is InChI=1S/C45H90N2O4/c1-5-8-11-14-16-25-32-42-50-44(48)36-28-21-17-23-30-39-47(41-33-38-46-4)40-31-24-18-22-29-37-45(49)51-43(34-26-19-13-10-7-3)35-27-20-15-12-9-6-2/h43,46H,5-42H2,1-4H3. The summed E-state index contributed by atoms with van der Waals surface area (Å²) in [5.74, 6) is 0.0292. The molecule has 0 fully saturated rings. The Bertz CT molecular complexity index is 718. The Balaban J connectivity index is 4.07. The summed E-state index contributed by atoms with van der Waals surface area (Å²) in [6.07, 6.45) is 39.0. The fourth-order valence-electron chi connectivity index (χ4n) is 7.04. The van der Waals surface area contributed by atoms with Gasteiger partial charge in [0.15, 0.2) is 0 Å². The Morgan fingerprint density at radius 3 is 1.35 bits per heavy atom. The largest absolute Gasteiger partial charge is 0.466 e. The third-order valence-electron chi connectivity index (χ3n) is 10.4. The molecule has 0 aromatic carbocycles. The number of carbonyl (C=O) groups excluding carboxylic acids is 2. The van der Waals surface area contributed by atoms with Gasteiger partial charge in [0.2, 0.25) is 0 Å². The molecule has 0 aliphatic heterocycles. The van der Waals surface area contributed by atoms with Crippen molar-refractivity contribution >= 4 is 11.9 Å². The fraction of sp³-hybridized carbons (Fsp3) is 0.956. The van der Waals surface area contributed by atoms with Crippen molar-refractivity contribution in [1.82, 2.24) is 10.2 Å². The van der Waals surface area contributed by atoms with Gasteiger partial charge in [-0.25, -0.2) is 0 Å². The van der Waals surface area contributed by atoms with E-state index in [0.717, 1.165) is 58.0 Å². The number of ether oxygens (including phenoxy) is 2. The van der Waals surface area contributed by atoms with E-state index in [9.17, 15) is 9.59 Å². The van der Waals surface area contributed by atoms with E-state index in [2.05, 4.69) is 31.0 Å². The topological polar surface area (TPSA) is 67.9 Å². The highest BCUT2D eigenvalue weighted by Crippen LogP contribution is 2.18. The molecule has 6 nitrogen and oxygen atoms in total. The van der Waals surface area contributed by atoms with E-state index in [1.165, 1.54) is 167 Å². The molecule has 0 rings (SSSR count). The summed E-state index contributed by atoms with van der Waals surface area (Å²) in [5, 5.41) is 3.30. The van der Waals surface area contributed by atoms with E-state index < -0.39 is 0 Å². The third-order valence-corrected chi connectivity index (χ3v) is 10.4. The monoisotopic (exact) mass is 723 g/mol. The van der Waals surface area contributed by atoms with Crippen LogP contribution in [0.2, 0.25) is 0 Å². The summed E-state index contributed by atoms with van der Waals surface area (Å²) in [6, 6.07) is 0. The molecule has 0 heterocycles. The van der Waals surface area contributed by atoms with Crippen LogP contribution in [0.5, 0.6) is 0 Å². The number of rotatable bonds is 42. The quantitative estimate of drug-likeness (QED) is 0.0500. The van der Waals surface area contributed by atoms with Crippen molar-refractivity contribution < 1.29 is 19.1 Å². The smallest absolute Gasteiger partial charge is 0.306 e. The first-order valence-electron chi connectivity index (χ1n) is 22.8. The Morgan fingerprint density at radius 2 is 0.863 bits per heavy atom. The van der Waals surface area contributed by atoms with Gasteiger partial charge in [-0.2, -0.15) is 0 Å². The lowest BCUT2D eigenvalue weighted by molar-refractivity contribution is -0.150. The first-order valence-corrected chi connectivity index (χ1v) is 22.8. The van der Waals surface area contributed by atoms with Crippen molar-refractivity contribution in [2.24, 2.45) is 0 Å². The molecule has 0 aromatic heterocycles. The second kappa shape index (κ2) is 41.6. The average molecular weight is 723 g/mol. The zero-order valence-corrected chi connectivity index (χ0v) is 35.0. The Morgan fingerprint density at radius 1 is 0.471 bits per heavy atom. The minimum Gasteiger partial charge on any atom is -0.466 e. The van der Waals surface area contributed by atoms with Crippen molar-refractivity contribution in [2.75, 3.05) is 39.8 Å². The van der Waals surface area contributed by atoms with Crippen molar-refractivity contribution in [3.05, 3.63) is 0 Å². The number of hydrogen-bond donors (Lipinski definition) is 1. The molecule has 0 aromatic rings. The molecule has 1 atom stereocenters. The predicted molar refractivity (Wildman–Crippen MR) is 221 cm³/mol. The molecule has 304 valence electrons. The zero-order chi connectivity index (χ0) is 37.3. The fourth-order valence-corrected chi connectivity index (χ4v) is 7.04. The minimum absolute atomic E-state index is 0.00689. The van der Waals surface area contributed by atoms with Crippen LogP contribution in [0.4, 0.5) is 0 Å². The maximum atomic E-state index is 12.7. The molecule has 0 radical (unpaired) electrons. The van der Waals surface area contributed by atoms with Crippen molar-refractivity contribution in [1.29, 1.82) is 0 Å². The lowest BCUT2D eigenvalue weighted by Gasteiger charge is -2.22. The Labute approximate surface area is 319 Å². The number of carbonyl (C=O) groups is 2. The highest BCUT2D eigenvalue weighted by atomic mass is 16.5. The molecular formula is C45H90N2O4. The van der Waals surface area contributed by atoms with E-state index in [4.69, 9.17) is 9.47 Å². The Hall–Kier alpha value is -1.14. The molecule has 6 heteroatoms. The van der Waals surface area contributed by atoms with Crippen molar-refractivity contribution in [2.45, 2.75) is 239 Å². The van der Waals surface area contributed by atoms with Gasteiger partial charge in [-0.05, 0) is 97.4 Å². The van der Waals surface area contributed by atoms with Crippen LogP contribution in [-0.2, 0) is 19.1 Å². The van der Waals surface area contributed by atoms with E-state index in [-0.39, 0.29) is 18.0 Å². The molecule has 0 spiro atoms. The lowest BCUT2D eigenvalue weighted by atomic mass is 10.0. The highest BCUT2D eigenvalue weighted by molar-refractivity contribution is 5.69. The second-order valence-electron chi connectivity index (χ2n) is 15.5. The molecule has 0 aliphatic carbocycles. The molecule has 0 saturated heterocycles. The van der Waals surface area contributed by atoms with Crippen LogP contribution >= 0.6 is 0 Å². The summed E-state index contributed by atoms with van der Waals surface area (Å²) >= 11 is 0. The maximum Gasteiger partial charge on any atom is 0.306 e. The SMILES string of the molecule is CCCCCCCCCOC(=O)CCCCCCCN(CCCCCCCC(=O)OC(CCCCCCC)CCCCCCCC)CCCNC. The van der Waals surface area contributed by atoms with Gasteiger partial charge in [-0.3, -0.25) is 9.59 Å². The number of hydrogen-bond acceptors (Lipinski definition) is 6. The third kappa shape index (κ3) is 38.4. The molecule has 0 bridgehead atoms. The van der Waals surface area contributed by atoms with E-state index in [1.54, 1.807) is 0 Å². The summed E-state index contributed by atoms with van der Waals surface area (Å²) < 4.78 is 11.5. The number of esters is 2. The average Bonchev–Trinajstić information content (AvgIpc) is 3.12. The van der Waals surface area contributed by atoms with Gasteiger partial charge in [0.05, 0.1) is 6.61 Å². The van der Waals surface area contributed by atoms with Crippen LogP contribution < -0.4 is 5.32 Å². The van der Waals surface area contributed by atoms with Crippen molar-refractivity contribution in [3.8, 4) is 0 Å². The summed E-state index contributed by atoms with van der Waals surface area (Å²) in [5.41, 5.74) is 0. The van der Waals surface area contributed by atoms with Gasteiger partial charge < -0.3 is 19.7 Å². The van der Waals surface area contributed by atoms with Crippen molar-refractivity contribution in [3.63, 3.8) is 0 Å². The van der Waals surface area contributed by atoms with E-state index in [0.29, 0.717) is 19.4 Å². The molecule has 1 unspecified atom stereocenters. The highest BCUT2D eigenvalue weighted by Gasteiger charge is 2.14. The predicted octanol–water partition coefficient (Wildman–Crippen LogP) is 12.9. The zero-order valence-electron chi connectivity index (χ0n) is 35.0. The summed E-state index contributed by atoms with van der Waals surface area (Å²) in [6.45, 7) is 12.0. The van der Waals surface area contributed by atoms with Crippen LogP contribution in [-0.4, -0.2) is 62.8 Å². The van der Waals surface area contributed by atoms with Gasteiger partial charge in [-0.15, -0.1) is 0 Å². The first-order chi connectivity index (χ1) is 25.1. The van der Waals surface area contributed by atoms with Crippen LogP contribution in [0.15, 0.2) is 0 Å².